The molecule has 0 saturated carbocycles. The van der Waals surface area contributed by atoms with Gasteiger partial charge < -0.3 is 15.7 Å². The van der Waals surface area contributed by atoms with Crippen molar-refractivity contribution in [3.63, 3.8) is 0 Å². The minimum Gasteiger partial charge on any atom is -0.387 e. The maximum atomic E-state index is 11.7. The second kappa shape index (κ2) is 7.49. The van der Waals surface area contributed by atoms with E-state index in [1.54, 1.807) is 36.1 Å². The molecule has 22 heavy (non-hydrogen) atoms. The number of benzene rings is 1. The van der Waals surface area contributed by atoms with E-state index in [9.17, 15) is 9.90 Å². The maximum Gasteiger partial charge on any atom is 0.315 e. The van der Waals surface area contributed by atoms with E-state index in [2.05, 4.69) is 15.7 Å². The molecule has 0 saturated heterocycles. The smallest absolute Gasteiger partial charge is 0.315 e. The number of aromatic nitrogens is 2. The van der Waals surface area contributed by atoms with Gasteiger partial charge in [-0.1, -0.05) is 29.3 Å². The molecule has 0 radical (unpaired) electrons. The third kappa shape index (κ3) is 4.62. The zero-order chi connectivity index (χ0) is 16.1. The molecule has 1 aromatic heterocycles. The normalized spacial score (nSPS) is 12.0. The predicted molar refractivity (Wildman–Crippen MR) is 84.9 cm³/mol. The van der Waals surface area contributed by atoms with E-state index in [0.717, 1.165) is 5.56 Å². The number of aryl methyl sites for hydroxylation is 1. The number of hydrogen-bond donors (Lipinski definition) is 3. The first-order chi connectivity index (χ1) is 10.5. The largest absolute Gasteiger partial charge is 0.387 e. The Labute approximate surface area is 138 Å². The van der Waals surface area contributed by atoms with Crippen LogP contribution in [0.4, 0.5) is 4.79 Å². The van der Waals surface area contributed by atoms with Crippen molar-refractivity contribution in [3.05, 3.63) is 51.8 Å². The summed E-state index contributed by atoms with van der Waals surface area (Å²) in [6.45, 7) is 0.400. The fourth-order valence-corrected chi connectivity index (χ4v) is 2.41. The minimum absolute atomic E-state index is 0.0419. The summed E-state index contributed by atoms with van der Waals surface area (Å²) in [4.78, 5) is 11.7. The number of hydrogen-bond acceptors (Lipinski definition) is 3. The van der Waals surface area contributed by atoms with Crippen LogP contribution in [0.2, 0.25) is 10.0 Å². The summed E-state index contributed by atoms with van der Waals surface area (Å²) in [5.41, 5.74) is 1.40. The maximum absolute atomic E-state index is 11.7. The van der Waals surface area contributed by atoms with Crippen molar-refractivity contribution < 1.29 is 9.90 Å². The van der Waals surface area contributed by atoms with Crippen LogP contribution in [-0.2, 0) is 13.6 Å². The van der Waals surface area contributed by atoms with Gasteiger partial charge >= 0.3 is 6.03 Å². The summed E-state index contributed by atoms with van der Waals surface area (Å²) >= 11 is 11.8. The highest BCUT2D eigenvalue weighted by molar-refractivity contribution is 6.35. The molecular weight excluding hydrogens is 327 g/mol. The number of aliphatic hydroxyl groups excluding tert-OH is 1. The van der Waals surface area contributed by atoms with Gasteiger partial charge in [0.15, 0.2) is 0 Å². The minimum atomic E-state index is -0.908. The third-order valence-electron chi connectivity index (χ3n) is 2.99. The van der Waals surface area contributed by atoms with Gasteiger partial charge in [-0.25, -0.2) is 4.79 Å². The number of aliphatic hydroxyl groups is 1. The number of rotatable bonds is 5. The van der Waals surface area contributed by atoms with Gasteiger partial charge in [0.2, 0.25) is 0 Å². The van der Waals surface area contributed by atoms with Gasteiger partial charge in [-0.05, 0) is 12.1 Å². The molecule has 1 unspecified atom stereocenters. The van der Waals surface area contributed by atoms with Crippen molar-refractivity contribution in [2.75, 3.05) is 6.54 Å². The molecule has 0 bridgehead atoms. The van der Waals surface area contributed by atoms with Crippen LogP contribution in [0.15, 0.2) is 30.6 Å². The van der Waals surface area contributed by atoms with E-state index in [1.807, 2.05) is 6.20 Å². The highest BCUT2D eigenvalue weighted by Gasteiger charge is 2.13. The van der Waals surface area contributed by atoms with Crippen molar-refractivity contribution in [2.24, 2.45) is 7.05 Å². The van der Waals surface area contributed by atoms with Gasteiger partial charge in [-0.15, -0.1) is 0 Å². The van der Waals surface area contributed by atoms with Crippen LogP contribution in [0, 0.1) is 0 Å². The van der Waals surface area contributed by atoms with E-state index >= 15 is 0 Å². The van der Waals surface area contributed by atoms with Crippen molar-refractivity contribution in [2.45, 2.75) is 12.6 Å². The van der Waals surface area contributed by atoms with Gasteiger partial charge in [0.1, 0.15) is 0 Å². The van der Waals surface area contributed by atoms with E-state index in [-0.39, 0.29) is 12.6 Å². The molecule has 2 amide bonds. The number of carbonyl (C=O) groups excluding carboxylic acids is 1. The molecule has 1 atom stereocenters. The first-order valence-electron chi connectivity index (χ1n) is 6.58. The Bertz CT molecular complexity index is 660. The van der Waals surface area contributed by atoms with Crippen LogP contribution in [0.5, 0.6) is 0 Å². The SMILES string of the molecule is Cn1cc(CNC(=O)NCC(O)c2ccc(Cl)cc2Cl)cn1. The van der Waals surface area contributed by atoms with E-state index in [4.69, 9.17) is 23.2 Å². The Morgan fingerprint density at radius 3 is 2.82 bits per heavy atom. The van der Waals surface area contributed by atoms with E-state index in [0.29, 0.717) is 22.2 Å². The fourth-order valence-electron chi connectivity index (χ4n) is 1.88. The highest BCUT2D eigenvalue weighted by Crippen LogP contribution is 2.25. The van der Waals surface area contributed by atoms with Crippen LogP contribution in [0.3, 0.4) is 0 Å². The molecule has 6 nitrogen and oxygen atoms in total. The Kier molecular flexibility index (Phi) is 5.65. The number of nitrogens with one attached hydrogen (secondary N) is 2. The molecule has 2 aromatic rings. The number of amides is 2. The van der Waals surface area contributed by atoms with Crippen molar-refractivity contribution >= 4 is 29.2 Å². The van der Waals surface area contributed by atoms with Crippen LogP contribution in [-0.4, -0.2) is 27.5 Å². The molecule has 0 aliphatic heterocycles. The van der Waals surface area contributed by atoms with Crippen LogP contribution < -0.4 is 10.6 Å². The highest BCUT2D eigenvalue weighted by atomic mass is 35.5. The van der Waals surface area contributed by atoms with Crippen LogP contribution in [0.25, 0.3) is 0 Å². The lowest BCUT2D eigenvalue weighted by Gasteiger charge is -2.14. The lowest BCUT2D eigenvalue weighted by atomic mass is 10.1. The number of carbonyl (C=O) groups is 1. The van der Waals surface area contributed by atoms with E-state index in [1.165, 1.54) is 0 Å². The monoisotopic (exact) mass is 342 g/mol. The second-order valence-electron chi connectivity index (χ2n) is 4.77. The zero-order valence-electron chi connectivity index (χ0n) is 11.9. The van der Waals surface area contributed by atoms with E-state index < -0.39 is 6.10 Å². The Hall–Kier alpha value is -1.76. The number of urea groups is 1. The quantitative estimate of drug-likeness (QED) is 0.779. The average Bonchev–Trinajstić information content (AvgIpc) is 2.88. The molecule has 1 aromatic carbocycles. The third-order valence-corrected chi connectivity index (χ3v) is 3.55. The predicted octanol–water partition coefficient (Wildman–Crippen LogP) is 2.26. The lowest BCUT2D eigenvalue weighted by molar-refractivity contribution is 0.173. The molecule has 8 heteroatoms. The van der Waals surface area contributed by atoms with Gasteiger partial charge in [0, 0.05) is 47.5 Å². The molecular formula is C14H16Cl2N4O2. The first-order valence-corrected chi connectivity index (χ1v) is 7.33. The van der Waals surface area contributed by atoms with Gasteiger partial charge in [0.05, 0.1) is 12.3 Å². The molecule has 1 heterocycles. The van der Waals surface area contributed by atoms with Crippen molar-refractivity contribution in [1.82, 2.24) is 20.4 Å². The summed E-state index contributed by atoms with van der Waals surface area (Å²) in [7, 11) is 1.80. The molecule has 0 spiro atoms. The first kappa shape index (κ1) is 16.6. The summed E-state index contributed by atoms with van der Waals surface area (Å²) in [5, 5.41) is 20.2. The van der Waals surface area contributed by atoms with Crippen molar-refractivity contribution in [3.8, 4) is 0 Å². The number of halogens is 2. The molecule has 0 aliphatic carbocycles. The molecule has 0 aliphatic rings. The Balaban J connectivity index is 1.80. The van der Waals surface area contributed by atoms with Crippen LogP contribution >= 0.6 is 23.2 Å². The molecule has 0 fully saturated rings. The zero-order valence-corrected chi connectivity index (χ0v) is 13.4. The second-order valence-corrected chi connectivity index (χ2v) is 5.61. The standard InChI is InChI=1S/C14H16Cl2N4O2/c1-20-8-9(6-19-20)5-17-14(22)18-7-13(21)11-3-2-10(15)4-12(11)16/h2-4,6,8,13,21H,5,7H2,1H3,(H2,17,18,22). The summed E-state index contributed by atoms with van der Waals surface area (Å²) in [5.74, 6) is 0. The topological polar surface area (TPSA) is 79.2 Å². The Morgan fingerprint density at radius 2 is 2.18 bits per heavy atom. The average molecular weight is 343 g/mol. The van der Waals surface area contributed by atoms with Gasteiger partial charge in [-0.2, -0.15) is 5.10 Å². The molecule has 3 N–H and O–H groups in total. The lowest BCUT2D eigenvalue weighted by Crippen LogP contribution is -2.37. The summed E-state index contributed by atoms with van der Waals surface area (Å²) in [6.07, 6.45) is 2.57. The number of nitrogens with zero attached hydrogens (tertiary/aromatic N) is 2. The van der Waals surface area contributed by atoms with Gasteiger partial charge in [-0.3, -0.25) is 4.68 Å². The van der Waals surface area contributed by atoms with Gasteiger partial charge in [0.25, 0.3) is 0 Å². The Morgan fingerprint density at radius 1 is 1.41 bits per heavy atom. The molecule has 2 rings (SSSR count). The summed E-state index contributed by atoms with van der Waals surface area (Å²) in [6, 6.07) is 4.43. The van der Waals surface area contributed by atoms with Crippen LogP contribution in [0.1, 0.15) is 17.2 Å². The fraction of sp³-hybridized carbons (Fsp3) is 0.286. The summed E-state index contributed by atoms with van der Waals surface area (Å²) < 4.78 is 1.65. The molecule has 118 valence electrons. The van der Waals surface area contributed by atoms with Crippen molar-refractivity contribution in [1.29, 1.82) is 0 Å².